The maximum Gasteiger partial charge on any atom is 0.238 e. The first-order valence-corrected chi connectivity index (χ1v) is 7.43. The van der Waals surface area contributed by atoms with Gasteiger partial charge < -0.3 is 5.32 Å². The normalized spacial score (nSPS) is 14.6. The average Bonchev–Trinajstić information content (AvgIpc) is 3.17. The van der Waals surface area contributed by atoms with Gasteiger partial charge in [-0.15, -0.1) is 0 Å². The fourth-order valence-corrected chi connectivity index (χ4v) is 2.41. The van der Waals surface area contributed by atoms with Crippen LogP contribution in [0, 0.1) is 11.7 Å². The molecule has 0 bridgehead atoms. The molecule has 3 nitrogen and oxygen atoms in total. The number of hydrogen-bond acceptors (Lipinski definition) is 2. The molecule has 0 aliphatic heterocycles. The second-order valence-electron chi connectivity index (χ2n) is 5.35. The smallest absolute Gasteiger partial charge is 0.238 e. The monoisotopic (exact) mass is 298 g/mol. The molecule has 1 aliphatic carbocycles. The molecule has 110 valence electrons. The van der Waals surface area contributed by atoms with Gasteiger partial charge >= 0.3 is 0 Å². The Morgan fingerprint density at radius 3 is 2.85 bits per heavy atom. The molecule has 1 aliphatic rings. The van der Waals surface area contributed by atoms with E-state index >= 15 is 0 Å². The summed E-state index contributed by atoms with van der Waals surface area (Å²) < 4.78 is 12.9. The van der Waals surface area contributed by atoms with E-state index in [4.69, 9.17) is 11.6 Å². The van der Waals surface area contributed by atoms with Crippen molar-refractivity contribution in [3.63, 3.8) is 0 Å². The van der Waals surface area contributed by atoms with Crippen LogP contribution in [0.3, 0.4) is 0 Å². The highest BCUT2D eigenvalue weighted by Crippen LogP contribution is 2.29. The number of amides is 1. The van der Waals surface area contributed by atoms with Gasteiger partial charge in [0.1, 0.15) is 5.82 Å². The van der Waals surface area contributed by atoms with E-state index in [9.17, 15) is 9.18 Å². The van der Waals surface area contributed by atoms with Gasteiger partial charge in [-0.1, -0.05) is 18.5 Å². The van der Waals surface area contributed by atoms with E-state index in [-0.39, 0.29) is 10.9 Å². The number of carbonyl (C=O) groups excluding carboxylic acids is 1. The number of benzene rings is 1. The Hall–Kier alpha value is -1.13. The summed E-state index contributed by atoms with van der Waals surface area (Å²) in [7, 11) is 0. The molecule has 20 heavy (non-hydrogen) atoms. The minimum atomic E-state index is -0.408. The molecule has 0 atom stereocenters. The first-order chi connectivity index (χ1) is 9.58. The number of rotatable bonds is 7. The molecule has 0 radical (unpaired) electrons. The van der Waals surface area contributed by atoms with Gasteiger partial charge in [-0.25, -0.2) is 4.39 Å². The molecule has 1 fully saturated rings. The third kappa shape index (κ3) is 4.76. The van der Waals surface area contributed by atoms with Crippen LogP contribution < -0.4 is 5.32 Å². The molecular formula is C15H20ClFN2O. The SMILES string of the molecule is CCCN(CC(=O)Nc1ccc(F)cc1Cl)CC1CC1. The fraction of sp³-hybridized carbons (Fsp3) is 0.533. The molecule has 0 spiro atoms. The van der Waals surface area contributed by atoms with Gasteiger partial charge in [0.05, 0.1) is 17.3 Å². The fourth-order valence-electron chi connectivity index (χ4n) is 2.20. The summed E-state index contributed by atoms with van der Waals surface area (Å²) in [5.41, 5.74) is 0.459. The van der Waals surface area contributed by atoms with Crippen LogP contribution in [0.5, 0.6) is 0 Å². The minimum Gasteiger partial charge on any atom is -0.324 e. The molecule has 0 unspecified atom stereocenters. The van der Waals surface area contributed by atoms with Crippen LogP contribution in [0.15, 0.2) is 18.2 Å². The lowest BCUT2D eigenvalue weighted by atomic mass is 10.3. The molecule has 1 aromatic rings. The van der Waals surface area contributed by atoms with Gasteiger partial charge in [-0.05, 0) is 49.9 Å². The van der Waals surface area contributed by atoms with Crippen molar-refractivity contribution in [2.75, 3.05) is 25.0 Å². The van der Waals surface area contributed by atoms with E-state index in [2.05, 4.69) is 17.1 Å². The van der Waals surface area contributed by atoms with E-state index in [0.29, 0.717) is 12.2 Å². The van der Waals surface area contributed by atoms with Gasteiger partial charge in [0.2, 0.25) is 5.91 Å². The lowest BCUT2D eigenvalue weighted by molar-refractivity contribution is -0.117. The van der Waals surface area contributed by atoms with Crippen LogP contribution >= 0.6 is 11.6 Å². The molecule has 1 amide bonds. The largest absolute Gasteiger partial charge is 0.324 e. The zero-order valence-electron chi connectivity index (χ0n) is 11.7. The molecule has 0 heterocycles. The van der Waals surface area contributed by atoms with Crippen molar-refractivity contribution >= 4 is 23.2 Å². The predicted octanol–water partition coefficient (Wildman–Crippen LogP) is 3.54. The Kier molecular flexibility index (Phi) is 5.38. The summed E-state index contributed by atoms with van der Waals surface area (Å²) in [5.74, 6) is 0.241. The van der Waals surface area contributed by atoms with Crippen LogP contribution in [-0.4, -0.2) is 30.4 Å². The molecule has 1 N–H and O–H groups in total. The number of hydrogen-bond donors (Lipinski definition) is 1. The number of halogens is 2. The third-order valence-corrected chi connectivity index (χ3v) is 3.64. The van der Waals surface area contributed by atoms with Gasteiger partial charge in [-0.3, -0.25) is 9.69 Å². The second kappa shape index (κ2) is 7.04. The van der Waals surface area contributed by atoms with E-state index in [0.717, 1.165) is 25.4 Å². The van der Waals surface area contributed by atoms with E-state index in [1.54, 1.807) is 0 Å². The van der Waals surface area contributed by atoms with Crippen molar-refractivity contribution in [1.82, 2.24) is 4.90 Å². The van der Waals surface area contributed by atoms with Crippen LogP contribution in [0.2, 0.25) is 5.02 Å². The zero-order chi connectivity index (χ0) is 14.5. The maximum atomic E-state index is 12.9. The van der Waals surface area contributed by atoms with E-state index in [1.165, 1.54) is 31.0 Å². The summed E-state index contributed by atoms with van der Waals surface area (Å²) in [6, 6.07) is 3.97. The van der Waals surface area contributed by atoms with Crippen LogP contribution in [0.1, 0.15) is 26.2 Å². The Labute approximate surface area is 124 Å². The first-order valence-electron chi connectivity index (χ1n) is 7.05. The highest BCUT2D eigenvalue weighted by molar-refractivity contribution is 6.33. The van der Waals surface area contributed by atoms with E-state index in [1.807, 2.05) is 0 Å². The van der Waals surface area contributed by atoms with Gasteiger partial charge in [0, 0.05) is 6.54 Å². The Balaban J connectivity index is 1.89. The molecule has 1 saturated carbocycles. The highest BCUT2D eigenvalue weighted by atomic mass is 35.5. The summed E-state index contributed by atoms with van der Waals surface area (Å²) in [5, 5.41) is 2.97. The van der Waals surface area contributed by atoms with Gasteiger partial charge in [0.15, 0.2) is 0 Å². The number of nitrogens with zero attached hydrogens (tertiary/aromatic N) is 1. The molecule has 2 rings (SSSR count). The topological polar surface area (TPSA) is 32.3 Å². The summed E-state index contributed by atoms with van der Waals surface area (Å²) in [4.78, 5) is 14.2. The Morgan fingerprint density at radius 1 is 1.50 bits per heavy atom. The van der Waals surface area contributed by atoms with Crippen molar-refractivity contribution in [3.8, 4) is 0 Å². The van der Waals surface area contributed by atoms with E-state index < -0.39 is 5.82 Å². The van der Waals surface area contributed by atoms with Crippen LogP contribution in [-0.2, 0) is 4.79 Å². The van der Waals surface area contributed by atoms with Crippen molar-refractivity contribution in [1.29, 1.82) is 0 Å². The molecule has 5 heteroatoms. The maximum absolute atomic E-state index is 12.9. The van der Waals surface area contributed by atoms with Gasteiger partial charge in [0.25, 0.3) is 0 Å². The number of nitrogens with one attached hydrogen (secondary N) is 1. The standard InChI is InChI=1S/C15H20ClFN2O/c1-2-7-19(9-11-3-4-11)10-15(20)18-14-6-5-12(17)8-13(14)16/h5-6,8,11H,2-4,7,9-10H2,1H3,(H,18,20). The summed E-state index contributed by atoms with van der Waals surface area (Å²) in [6.07, 6.45) is 3.56. The minimum absolute atomic E-state index is 0.104. The molecule has 1 aromatic carbocycles. The number of anilines is 1. The lowest BCUT2D eigenvalue weighted by Gasteiger charge is -2.21. The average molecular weight is 299 g/mol. The zero-order valence-corrected chi connectivity index (χ0v) is 12.4. The Morgan fingerprint density at radius 2 is 2.25 bits per heavy atom. The van der Waals surface area contributed by atoms with Crippen molar-refractivity contribution in [3.05, 3.63) is 29.0 Å². The Bertz CT molecular complexity index is 477. The first kappa shape index (κ1) is 15.3. The summed E-state index contributed by atoms with van der Waals surface area (Å²) >= 11 is 5.90. The van der Waals surface area contributed by atoms with Crippen molar-refractivity contribution in [2.45, 2.75) is 26.2 Å². The predicted molar refractivity (Wildman–Crippen MR) is 79.5 cm³/mol. The number of carbonyl (C=O) groups is 1. The molecule has 0 aromatic heterocycles. The second-order valence-corrected chi connectivity index (χ2v) is 5.76. The van der Waals surface area contributed by atoms with Crippen LogP contribution in [0.25, 0.3) is 0 Å². The van der Waals surface area contributed by atoms with Gasteiger partial charge in [-0.2, -0.15) is 0 Å². The quantitative estimate of drug-likeness (QED) is 0.835. The third-order valence-electron chi connectivity index (χ3n) is 3.33. The lowest BCUT2D eigenvalue weighted by Crippen LogP contribution is -2.35. The van der Waals surface area contributed by atoms with Crippen molar-refractivity contribution in [2.24, 2.45) is 5.92 Å². The molecule has 0 saturated heterocycles. The molecular weight excluding hydrogens is 279 g/mol. The van der Waals surface area contributed by atoms with Crippen LogP contribution in [0.4, 0.5) is 10.1 Å². The highest BCUT2D eigenvalue weighted by Gasteiger charge is 2.24. The van der Waals surface area contributed by atoms with Crippen molar-refractivity contribution < 1.29 is 9.18 Å². The summed E-state index contributed by atoms with van der Waals surface area (Å²) in [6.45, 7) is 4.37.